The van der Waals surface area contributed by atoms with Crippen LogP contribution < -0.4 is 5.32 Å². The van der Waals surface area contributed by atoms with Crippen LogP contribution in [0.25, 0.3) is 11.0 Å². The van der Waals surface area contributed by atoms with Crippen LogP contribution >= 0.6 is 0 Å². The Labute approximate surface area is 136 Å². The summed E-state index contributed by atoms with van der Waals surface area (Å²) in [5.74, 6) is 0.415. The molecule has 0 aliphatic rings. The molecule has 23 heavy (non-hydrogen) atoms. The van der Waals surface area contributed by atoms with Crippen LogP contribution in [0.3, 0.4) is 0 Å². The monoisotopic (exact) mass is 314 g/mol. The summed E-state index contributed by atoms with van der Waals surface area (Å²) >= 11 is 0. The Morgan fingerprint density at radius 1 is 1.39 bits per heavy atom. The van der Waals surface area contributed by atoms with E-state index >= 15 is 0 Å². The van der Waals surface area contributed by atoms with Gasteiger partial charge in [0.25, 0.3) is 0 Å². The molecule has 0 saturated heterocycles. The first kappa shape index (κ1) is 18.2. The largest absolute Gasteiger partial charge is 0.444 e. The van der Waals surface area contributed by atoms with E-state index in [1.165, 1.54) is 6.33 Å². The van der Waals surface area contributed by atoms with Gasteiger partial charge < -0.3 is 9.30 Å². The van der Waals surface area contributed by atoms with Crippen molar-refractivity contribution in [1.82, 2.24) is 14.5 Å². The first-order valence-corrected chi connectivity index (χ1v) is 7.29. The summed E-state index contributed by atoms with van der Waals surface area (Å²) in [5, 5.41) is 3.36. The molecular formula is C17H22N4O2. The second kappa shape index (κ2) is 9.19. The highest BCUT2D eigenvalue weighted by atomic mass is 16.5. The summed E-state index contributed by atoms with van der Waals surface area (Å²) in [6.07, 6.45) is 7.59. The van der Waals surface area contributed by atoms with Gasteiger partial charge in [-0.25, -0.2) is 14.8 Å². The fourth-order valence-corrected chi connectivity index (χ4v) is 1.79. The lowest BCUT2D eigenvalue weighted by molar-refractivity contribution is 0.172. The minimum Gasteiger partial charge on any atom is -0.444 e. The molecule has 0 aliphatic heterocycles. The van der Waals surface area contributed by atoms with Crippen molar-refractivity contribution < 1.29 is 9.53 Å². The van der Waals surface area contributed by atoms with Crippen molar-refractivity contribution in [3.05, 3.63) is 55.5 Å². The summed E-state index contributed by atoms with van der Waals surface area (Å²) in [5.41, 5.74) is 1.49. The maximum absolute atomic E-state index is 11.8. The van der Waals surface area contributed by atoms with E-state index in [-0.39, 0.29) is 6.61 Å². The molecule has 0 spiro atoms. The van der Waals surface area contributed by atoms with Gasteiger partial charge in [0, 0.05) is 13.2 Å². The van der Waals surface area contributed by atoms with Crippen molar-refractivity contribution in [3.63, 3.8) is 0 Å². The van der Waals surface area contributed by atoms with E-state index in [1.54, 1.807) is 18.2 Å². The van der Waals surface area contributed by atoms with Crippen LogP contribution in [-0.4, -0.2) is 27.2 Å². The normalized spacial score (nSPS) is 10.5. The molecule has 1 amide bonds. The third kappa shape index (κ3) is 4.81. The Hall–Kier alpha value is -2.89. The summed E-state index contributed by atoms with van der Waals surface area (Å²) in [6.45, 7) is 11.3. The number of anilines is 1. The first-order valence-electron chi connectivity index (χ1n) is 7.29. The van der Waals surface area contributed by atoms with E-state index in [0.29, 0.717) is 5.82 Å². The Morgan fingerprint density at radius 2 is 2.13 bits per heavy atom. The van der Waals surface area contributed by atoms with Gasteiger partial charge in [-0.05, 0) is 11.6 Å². The minimum absolute atomic E-state index is 0.115. The smallest absolute Gasteiger partial charge is 0.413 e. The SMILES string of the molecule is C=C/C=C(\C=C)COC(=O)Nc1ncnc2c1ccn2C.CC. The number of hydrogen-bond acceptors (Lipinski definition) is 4. The number of aryl methyl sites for hydroxylation is 1. The number of nitrogens with zero attached hydrogens (tertiary/aromatic N) is 3. The quantitative estimate of drug-likeness (QED) is 0.851. The van der Waals surface area contributed by atoms with E-state index in [2.05, 4.69) is 28.4 Å². The molecule has 0 radical (unpaired) electrons. The molecule has 0 atom stereocenters. The molecule has 6 heteroatoms. The molecule has 2 heterocycles. The van der Waals surface area contributed by atoms with E-state index in [9.17, 15) is 4.79 Å². The zero-order chi connectivity index (χ0) is 17.2. The maximum atomic E-state index is 11.8. The predicted molar refractivity (Wildman–Crippen MR) is 93.3 cm³/mol. The molecule has 1 N–H and O–H groups in total. The van der Waals surface area contributed by atoms with Crippen LogP contribution in [0.2, 0.25) is 0 Å². The van der Waals surface area contributed by atoms with Gasteiger partial charge in [0.15, 0.2) is 0 Å². The Bertz CT molecular complexity index is 716. The fraction of sp³-hybridized carbons (Fsp3) is 0.235. The van der Waals surface area contributed by atoms with Crippen molar-refractivity contribution in [2.24, 2.45) is 7.05 Å². The standard InChI is InChI=1S/C15H16N4O2.C2H6/c1-4-6-11(5-2)9-21-15(20)18-13-12-7-8-19(3)14(12)17-10-16-13;1-2/h4-8,10H,1-2,9H2,3H3,(H,16,17,18,20);1-2H3/b11-6+;. The lowest BCUT2D eigenvalue weighted by Crippen LogP contribution is -2.16. The van der Waals surface area contributed by atoms with Gasteiger partial charge in [-0.3, -0.25) is 5.32 Å². The van der Waals surface area contributed by atoms with Crippen molar-refractivity contribution >= 4 is 22.9 Å². The third-order valence-electron chi connectivity index (χ3n) is 2.85. The molecule has 2 aromatic heterocycles. The maximum Gasteiger partial charge on any atom is 0.413 e. The number of carbonyl (C=O) groups is 1. The fourth-order valence-electron chi connectivity index (χ4n) is 1.79. The van der Waals surface area contributed by atoms with Crippen LogP contribution in [0.4, 0.5) is 10.6 Å². The molecule has 0 aromatic carbocycles. The molecule has 0 aliphatic carbocycles. The predicted octanol–water partition coefficient (Wildman–Crippen LogP) is 3.84. The van der Waals surface area contributed by atoms with E-state index < -0.39 is 6.09 Å². The Balaban J connectivity index is 0.00000127. The summed E-state index contributed by atoms with van der Waals surface area (Å²) in [4.78, 5) is 20.0. The highest BCUT2D eigenvalue weighted by Gasteiger charge is 2.10. The van der Waals surface area contributed by atoms with Crippen molar-refractivity contribution in [2.75, 3.05) is 11.9 Å². The summed E-state index contributed by atoms with van der Waals surface area (Å²) < 4.78 is 6.95. The first-order chi connectivity index (χ1) is 11.2. The summed E-state index contributed by atoms with van der Waals surface area (Å²) in [6, 6.07) is 1.83. The number of nitrogens with one attached hydrogen (secondary N) is 1. The molecule has 0 fully saturated rings. The van der Waals surface area contributed by atoms with Gasteiger partial charge in [0.2, 0.25) is 0 Å². The van der Waals surface area contributed by atoms with Gasteiger partial charge >= 0.3 is 6.09 Å². The highest BCUT2D eigenvalue weighted by Crippen LogP contribution is 2.19. The lowest BCUT2D eigenvalue weighted by atomic mass is 10.2. The van der Waals surface area contributed by atoms with Gasteiger partial charge in [-0.15, -0.1) is 0 Å². The number of ether oxygens (including phenoxy) is 1. The number of fused-ring (bicyclic) bond motifs is 1. The van der Waals surface area contributed by atoms with E-state index in [1.807, 2.05) is 37.7 Å². The lowest BCUT2D eigenvalue weighted by Gasteiger charge is -2.07. The van der Waals surface area contributed by atoms with Crippen molar-refractivity contribution in [2.45, 2.75) is 13.8 Å². The number of hydrogen-bond donors (Lipinski definition) is 1. The van der Waals surface area contributed by atoms with Crippen molar-refractivity contribution in [1.29, 1.82) is 0 Å². The molecule has 0 saturated carbocycles. The molecule has 6 nitrogen and oxygen atoms in total. The van der Waals surface area contributed by atoms with Gasteiger partial charge in [0.1, 0.15) is 24.4 Å². The second-order valence-electron chi connectivity index (χ2n) is 4.27. The number of amides is 1. The third-order valence-corrected chi connectivity index (χ3v) is 2.85. The minimum atomic E-state index is -0.587. The Morgan fingerprint density at radius 3 is 2.78 bits per heavy atom. The van der Waals surface area contributed by atoms with Crippen LogP contribution in [0.5, 0.6) is 0 Å². The molecule has 122 valence electrons. The zero-order valence-electron chi connectivity index (χ0n) is 13.7. The Kier molecular flexibility index (Phi) is 7.26. The van der Waals surface area contributed by atoms with Gasteiger partial charge in [0.05, 0.1) is 5.39 Å². The van der Waals surface area contributed by atoms with Gasteiger partial charge in [-0.1, -0.05) is 45.2 Å². The average molecular weight is 314 g/mol. The topological polar surface area (TPSA) is 69.0 Å². The molecule has 0 bridgehead atoms. The van der Waals surface area contributed by atoms with Gasteiger partial charge in [-0.2, -0.15) is 0 Å². The molecule has 0 unspecified atom stereocenters. The van der Waals surface area contributed by atoms with Crippen LogP contribution in [-0.2, 0) is 11.8 Å². The number of rotatable bonds is 5. The number of aromatic nitrogens is 3. The van der Waals surface area contributed by atoms with Crippen LogP contribution in [0, 0.1) is 0 Å². The zero-order valence-corrected chi connectivity index (χ0v) is 13.7. The average Bonchev–Trinajstić information content (AvgIpc) is 2.96. The molecular weight excluding hydrogens is 292 g/mol. The van der Waals surface area contributed by atoms with E-state index in [4.69, 9.17) is 4.74 Å². The molecule has 2 rings (SSSR count). The number of allylic oxidation sites excluding steroid dienone is 2. The van der Waals surface area contributed by atoms with E-state index in [0.717, 1.165) is 16.6 Å². The second-order valence-corrected chi connectivity index (χ2v) is 4.27. The van der Waals surface area contributed by atoms with Crippen LogP contribution in [0.15, 0.2) is 55.5 Å². The molecule has 2 aromatic rings. The van der Waals surface area contributed by atoms with Crippen molar-refractivity contribution in [3.8, 4) is 0 Å². The number of carbonyl (C=O) groups excluding carboxylic acids is 1. The van der Waals surface area contributed by atoms with Crippen LogP contribution in [0.1, 0.15) is 13.8 Å². The highest BCUT2D eigenvalue weighted by molar-refractivity contribution is 5.95. The summed E-state index contributed by atoms with van der Waals surface area (Å²) in [7, 11) is 1.87.